The summed E-state index contributed by atoms with van der Waals surface area (Å²) >= 11 is 0. The summed E-state index contributed by atoms with van der Waals surface area (Å²) in [5.74, 6) is 6.43. The van der Waals surface area contributed by atoms with Crippen LogP contribution in [0.3, 0.4) is 0 Å². The third-order valence-electron chi connectivity index (χ3n) is 2.70. The molecular formula is C13H14N6. The van der Waals surface area contributed by atoms with Gasteiger partial charge in [-0.15, -0.1) is 0 Å². The molecule has 1 heterocycles. The van der Waals surface area contributed by atoms with E-state index in [0.29, 0.717) is 11.5 Å². The van der Waals surface area contributed by atoms with E-state index in [2.05, 4.69) is 21.5 Å². The zero-order valence-electron chi connectivity index (χ0n) is 10.8. The van der Waals surface area contributed by atoms with Gasteiger partial charge in [-0.3, -0.25) is 5.43 Å². The van der Waals surface area contributed by atoms with Crippen LogP contribution in [0.5, 0.6) is 0 Å². The molecule has 0 unspecified atom stereocenters. The van der Waals surface area contributed by atoms with E-state index < -0.39 is 0 Å². The zero-order valence-corrected chi connectivity index (χ0v) is 10.8. The fourth-order valence-electron chi connectivity index (χ4n) is 1.68. The minimum Gasteiger partial charge on any atom is -0.329 e. The highest BCUT2D eigenvalue weighted by atomic mass is 15.3. The first kappa shape index (κ1) is 12.8. The Morgan fingerprint density at radius 1 is 1.26 bits per heavy atom. The number of anilines is 3. The van der Waals surface area contributed by atoms with Crippen LogP contribution in [-0.2, 0) is 0 Å². The van der Waals surface area contributed by atoms with Gasteiger partial charge in [-0.05, 0) is 31.2 Å². The lowest BCUT2D eigenvalue weighted by molar-refractivity contribution is 1.03. The van der Waals surface area contributed by atoms with Crippen LogP contribution in [0, 0.1) is 18.3 Å². The molecule has 0 saturated carbocycles. The fraction of sp³-hybridized carbons (Fsp3) is 0.154. The monoisotopic (exact) mass is 254 g/mol. The molecule has 6 heteroatoms. The van der Waals surface area contributed by atoms with Crippen LogP contribution in [0.4, 0.5) is 17.5 Å². The van der Waals surface area contributed by atoms with Crippen molar-refractivity contribution in [3.05, 3.63) is 41.6 Å². The van der Waals surface area contributed by atoms with E-state index in [9.17, 15) is 0 Å². The topological polar surface area (TPSA) is 90.9 Å². The number of aryl methyl sites for hydroxylation is 1. The number of nitriles is 1. The van der Waals surface area contributed by atoms with Gasteiger partial charge in [-0.2, -0.15) is 10.2 Å². The molecule has 0 aliphatic heterocycles. The Bertz CT molecular complexity index is 614. The third kappa shape index (κ3) is 2.78. The second-order valence-corrected chi connectivity index (χ2v) is 4.05. The van der Waals surface area contributed by atoms with Crippen molar-refractivity contribution in [3.63, 3.8) is 0 Å². The van der Waals surface area contributed by atoms with Crippen LogP contribution in [-0.4, -0.2) is 17.0 Å². The Kier molecular flexibility index (Phi) is 3.59. The van der Waals surface area contributed by atoms with Gasteiger partial charge in [0.1, 0.15) is 5.82 Å². The summed E-state index contributed by atoms with van der Waals surface area (Å²) in [6.45, 7) is 1.87. The highest BCUT2D eigenvalue weighted by Crippen LogP contribution is 2.23. The van der Waals surface area contributed by atoms with Gasteiger partial charge in [0, 0.05) is 24.5 Å². The van der Waals surface area contributed by atoms with E-state index in [1.54, 1.807) is 12.1 Å². The Morgan fingerprint density at radius 3 is 2.53 bits per heavy atom. The van der Waals surface area contributed by atoms with Gasteiger partial charge in [-0.25, -0.2) is 10.8 Å². The number of rotatable bonds is 3. The Morgan fingerprint density at radius 2 is 1.95 bits per heavy atom. The number of hydrazine groups is 1. The molecule has 2 rings (SSSR count). The maximum atomic E-state index is 8.78. The molecule has 0 fully saturated rings. The van der Waals surface area contributed by atoms with Crippen molar-refractivity contribution in [1.82, 2.24) is 9.97 Å². The molecule has 0 spiro atoms. The van der Waals surface area contributed by atoms with Crippen LogP contribution in [0.25, 0.3) is 0 Å². The molecule has 0 aliphatic carbocycles. The highest BCUT2D eigenvalue weighted by Gasteiger charge is 2.08. The van der Waals surface area contributed by atoms with E-state index in [1.807, 2.05) is 37.1 Å². The molecule has 0 radical (unpaired) electrons. The number of nitrogens with one attached hydrogen (secondary N) is 1. The smallest absolute Gasteiger partial charge is 0.239 e. The van der Waals surface area contributed by atoms with Crippen molar-refractivity contribution in [2.45, 2.75) is 6.92 Å². The average molecular weight is 254 g/mol. The van der Waals surface area contributed by atoms with Crippen LogP contribution >= 0.6 is 0 Å². The number of nitrogens with zero attached hydrogens (tertiary/aromatic N) is 4. The standard InChI is InChI=1S/C13H14N6/c1-9-7-12(17-13(16-9)18-15)19(2)11-5-3-10(8-14)4-6-11/h3-7H,15H2,1-2H3,(H,16,17,18). The molecule has 0 amide bonds. The molecule has 19 heavy (non-hydrogen) atoms. The number of benzene rings is 1. The first-order chi connectivity index (χ1) is 9.13. The normalized spacial score (nSPS) is 9.79. The predicted molar refractivity (Wildman–Crippen MR) is 73.8 cm³/mol. The van der Waals surface area contributed by atoms with Crippen LogP contribution in [0.2, 0.25) is 0 Å². The van der Waals surface area contributed by atoms with Crippen LogP contribution in [0.15, 0.2) is 30.3 Å². The molecular weight excluding hydrogens is 240 g/mol. The van der Waals surface area contributed by atoms with Gasteiger partial charge in [-0.1, -0.05) is 0 Å². The number of nitrogen functional groups attached to an aromatic ring is 1. The molecule has 0 bridgehead atoms. The minimum absolute atomic E-state index is 0.371. The van der Waals surface area contributed by atoms with E-state index in [0.717, 1.165) is 17.2 Å². The molecule has 3 N–H and O–H groups in total. The van der Waals surface area contributed by atoms with E-state index in [1.165, 1.54) is 0 Å². The molecule has 96 valence electrons. The lowest BCUT2D eigenvalue weighted by atomic mass is 10.2. The second-order valence-electron chi connectivity index (χ2n) is 4.05. The summed E-state index contributed by atoms with van der Waals surface area (Å²) in [7, 11) is 1.89. The van der Waals surface area contributed by atoms with E-state index in [-0.39, 0.29) is 0 Å². The molecule has 1 aromatic heterocycles. The first-order valence-corrected chi connectivity index (χ1v) is 5.70. The maximum Gasteiger partial charge on any atom is 0.239 e. The summed E-state index contributed by atoms with van der Waals surface area (Å²) in [5, 5.41) is 8.78. The maximum absolute atomic E-state index is 8.78. The summed E-state index contributed by atoms with van der Waals surface area (Å²) in [5.41, 5.74) is 4.81. The van der Waals surface area contributed by atoms with Crippen LogP contribution < -0.4 is 16.2 Å². The zero-order chi connectivity index (χ0) is 13.8. The van der Waals surface area contributed by atoms with Crippen molar-refractivity contribution >= 4 is 17.5 Å². The molecule has 1 aromatic carbocycles. The predicted octanol–water partition coefficient (Wildman–Crippen LogP) is 1.71. The Balaban J connectivity index is 2.35. The Hall–Kier alpha value is -2.65. The van der Waals surface area contributed by atoms with Gasteiger partial charge in [0.2, 0.25) is 5.95 Å². The molecule has 2 aromatic rings. The van der Waals surface area contributed by atoms with Crippen molar-refractivity contribution in [3.8, 4) is 6.07 Å². The van der Waals surface area contributed by atoms with E-state index in [4.69, 9.17) is 11.1 Å². The summed E-state index contributed by atoms with van der Waals surface area (Å²) < 4.78 is 0. The van der Waals surface area contributed by atoms with Crippen molar-refractivity contribution in [2.24, 2.45) is 5.84 Å². The second kappa shape index (κ2) is 5.33. The summed E-state index contributed by atoms with van der Waals surface area (Å²) in [6, 6.07) is 11.2. The highest BCUT2D eigenvalue weighted by molar-refractivity contribution is 5.61. The summed E-state index contributed by atoms with van der Waals surface area (Å²) in [6.07, 6.45) is 0. The third-order valence-corrected chi connectivity index (χ3v) is 2.70. The average Bonchev–Trinajstić information content (AvgIpc) is 2.46. The SMILES string of the molecule is Cc1cc(N(C)c2ccc(C#N)cc2)nc(NN)n1. The van der Waals surface area contributed by atoms with Gasteiger partial charge < -0.3 is 4.90 Å². The lowest BCUT2D eigenvalue weighted by Gasteiger charge is -2.19. The number of hydrogen-bond acceptors (Lipinski definition) is 6. The minimum atomic E-state index is 0.371. The quantitative estimate of drug-likeness (QED) is 0.640. The van der Waals surface area contributed by atoms with Gasteiger partial charge in [0.15, 0.2) is 0 Å². The van der Waals surface area contributed by atoms with Crippen LogP contribution in [0.1, 0.15) is 11.3 Å². The molecule has 6 nitrogen and oxygen atoms in total. The van der Waals surface area contributed by atoms with Gasteiger partial charge in [0.25, 0.3) is 0 Å². The number of nitrogens with two attached hydrogens (primary N) is 1. The lowest BCUT2D eigenvalue weighted by Crippen LogP contribution is -2.16. The number of aromatic nitrogens is 2. The van der Waals surface area contributed by atoms with E-state index >= 15 is 0 Å². The molecule has 0 saturated heterocycles. The van der Waals surface area contributed by atoms with Gasteiger partial charge in [0.05, 0.1) is 11.6 Å². The van der Waals surface area contributed by atoms with Crippen molar-refractivity contribution in [1.29, 1.82) is 5.26 Å². The first-order valence-electron chi connectivity index (χ1n) is 5.70. The largest absolute Gasteiger partial charge is 0.329 e. The number of hydrogen-bond donors (Lipinski definition) is 2. The van der Waals surface area contributed by atoms with Gasteiger partial charge >= 0.3 is 0 Å². The summed E-state index contributed by atoms with van der Waals surface area (Å²) in [4.78, 5) is 10.3. The fourth-order valence-corrected chi connectivity index (χ4v) is 1.68. The molecule has 0 atom stereocenters. The Labute approximate surface area is 111 Å². The van der Waals surface area contributed by atoms with Crippen molar-refractivity contribution < 1.29 is 0 Å². The van der Waals surface area contributed by atoms with Crippen molar-refractivity contribution in [2.75, 3.05) is 17.4 Å². The molecule has 0 aliphatic rings.